The highest BCUT2D eigenvalue weighted by Crippen LogP contribution is 2.39. The number of likely N-dealkylation sites (N-methyl/N-ethyl adjacent to an activating group) is 2. The molecule has 2 aliphatic rings. The molecule has 1 unspecified atom stereocenters. The van der Waals surface area contributed by atoms with Crippen molar-refractivity contribution in [2.45, 2.75) is 31.2 Å². The number of aliphatic hydroxyl groups is 1. The minimum atomic E-state index is -0.106. The van der Waals surface area contributed by atoms with Gasteiger partial charge in [0.25, 0.3) is 0 Å². The maximum absolute atomic E-state index is 9.67. The van der Waals surface area contributed by atoms with Crippen molar-refractivity contribution >= 4 is 0 Å². The molecule has 0 radical (unpaired) electrons. The van der Waals surface area contributed by atoms with Crippen LogP contribution in [0.25, 0.3) is 0 Å². The normalized spacial score (nSPS) is 23.3. The van der Waals surface area contributed by atoms with Crippen molar-refractivity contribution in [3.05, 3.63) is 0 Å². The topological polar surface area (TPSA) is 44.7 Å². The Morgan fingerprint density at radius 1 is 1.33 bits per heavy atom. The maximum Gasteiger partial charge on any atom is 0.0628 e. The molecule has 4 nitrogen and oxygen atoms in total. The van der Waals surface area contributed by atoms with Crippen LogP contribution in [0.15, 0.2) is 0 Å². The van der Waals surface area contributed by atoms with Crippen LogP contribution in [0.2, 0.25) is 0 Å². The number of aliphatic hydroxyl groups excluding tert-OH is 1. The number of nitrogens with zero attached hydrogens (tertiary/aromatic N) is 1. The van der Waals surface area contributed by atoms with Crippen molar-refractivity contribution in [1.29, 1.82) is 0 Å². The molecule has 2 fully saturated rings. The summed E-state index contributed by atoms with van der Waals surface area (Å²) in [5, 5.41) is 13.0. The second kappa shape index (κ2) is 6.33. The van der Waals surface area contributed by atoms with Gasteiger partial charge in [0.15, 0.2) is 0 Å². The van der Waals surface area contributed by atoms with E-state index in [0.717, 1.165) is 32.2 Å². The third-order valence-electron chi connectivity index (χ3n) is 4.36. The molecule has 0 heterocycles. The molecule has 2 N–H and O–H groups in total. The summed E-state index contributed by atoms with van der Waals surface area (Å²) in [4.78, 5) is 2.28. The second-order valence-corrected chi connectivity index (χ2v) is 6.09. The van der Waals surface area contributed by atoms with Crippen molar-refractivity contribution in [2.24, 2.45) is 11.8 Å². The molecule has 4 heteroatoms. The van der Waals surface area contributed by atoms with Crippen molar-refractivity contribution in [2.75, 3.05) is 47.0 Å². The Labute approximate surface area is 111 Å². The van der Waals surface area contributed by atoms with E-state index in [1.54, 1.807) is 0 Å². The molecule has 18 heavy (non-hydrogen) atoms. The summed E-state index contributed by atoms with van der Waals surface area (Å²) in [5.74, 6) is 1.48. The molecule has 106 valence electrons. The average Bonchev–Trinajstić information content (AvgIpc) is 3.24. The number of hydrogen-bond acceptors (Lipinski definition) is 4. The fourth-order valence-electron chi connectivity index (χ4n) is 2.62. The lowest BCUT2D eigenvalue weighted by Gasteiger charge is -2.35. The SMILES string of the molecule is CNC(CO)(CN(C)CCOCC1CC1)C1CC1. The lowest BCUT2D eigenvalue weighted by Crippen LogP contribution is -2.56. The largest absolute Gasteiger partial charge is 0.394 e. The van der Waals surface area contributed by atoms with Gasteiger partial charge in [0.05, 0.1) is 18.8 Å². The van der Waals surface area contributed by atoms with Gasteiger partial charge in [-0.2, -0.15) is 0 Å². The number of rotatable bonds is 10. The smallest absolute Gasteiger partial charge is 0.0628 e. The second-order valence-electron chi connectivity index (χ2n) is 6.09. The lowest BCUT2D eigenvalue weighted by molar-refractivity contribution is 0.0731. The summed E-state index contributed by atoms with van der Waals surface area (Å²) in [6, 6.07) is 0. The first-order valence-electron chi connectivity index (χ1n) is 7.26. The van der Waals surface area contributed by atoms with E-state index in [9.17, 15) is 5.11 Å². The predicted octanol–water partition coefficient (Wildman–Crippen LogP) is 0.705. The quantitative estimate of drug-likeness (QED) is 0.565. The standard InChI is InChI=1S/C14H28N2O2/c1-15-14(11-17,13-5-6-13)10-16(2)7-8-18-9-12-3-4-12/h12-13,15,17H,3-11H2,1-2H3. The minimum absolute atomic E-state index is 0.106. The number of nitrogens with one attached hydrogen (secondary N) is 1. The molecule has 0 aromatic heterocycles. The Hall–Kier alpha value is -0.160. The first-order chi connectivity index (χ1) is 8.70. The van der Waals surface area contributed by atoms with Crippen LogP contribution in [0.3, 0.4) is 0 Å². The molecule has 0 aromatic rings. The maximum atomic E-state index is 9.67. The van der Waals surface area contributed by atoms with Crippen LogP contribution in [0.4, 0.5) is 0 Å². The van der Waals surface area contributed by atoms with E-state index in [2.05, 4.69) is 17.3 Å². The van der Waals surface area contributed by atoms with E-state index >= 15 is 0 Å². The number of ether oxygens (including phenoxy) is 1. The minimum Gasteiger partial charge on any atom is -0.394 e. The van der Waals surface area contributed by atoms with Crippen LogP contribution in [-0.4, -0.2) is 62.6 Å². The molecule has 0 aliphatic heterocycles. The van der Waals surface area contributed by atoms with Crippen molar-refractivity contribution in [3.63, 3.8) is 0 Å². The zero-order valence-electron chi connectivity index (χ0n) is 11.8. The molecule has 0 amide bonds. The van der Waals surface area contributed by atoms with Gasteiger partial charge in [-0.3, -0.25) is 0 Å². The fourth-order valence-corrected chi connectivity index (χ4v) is 2.62. The average molecular weight is 256 g/mol. The summed E-state index contributed by atoms with van der Waals surface area (Å²) < 4.78 is 5.66. The summed E-state index contributed by atoms with van der Waals surface area (Å²) in [6.07, 6.45) is 5.19. The Kier molecular flexibility index (Phi) is 5.01. The van der Waals surface area contributed by atoms with Gasteiger partial charge < -0.3 is 20.1 Å². The molecular weight excluding hydrogens is 228 g/mol. The van der Waals surface area contributed by atoms with E-state index in [1.165, 1.54) is 25.7 Å². The first-order valence-corrected chi connectivity index (χ1v) is 7.26. The van der Waals surface area contributed by atoms with Crippen LogP contribution in [0, 0.1) is 11.8 Å². The van der Waals surface area contributed by atoms with Gasteiger partial charge in [-0.1, -0.05) is 0 Å². The van der Waals surface area contributed by atoms with Crippen molar-refractivity contribution < 1.29 is 9.84 Å². The van der Waals surface area contributed by atoms with Crippen LogP contribution >= 0.6 is 0 Å². The Morgan fingerprint density at radius 3 is 2.56 bits per heavy atom. The van der Waals surface area contributed by atoms with Gasteiger partial charge in [-0.05, 0) is 51.6 Å². The summed E-state index contributed by atoms with van der Waals surface area (Å²) in [6.45, 7) is 3.82. The van der Waals surface area contributed by atoms with E-state index in [0.29, 0.717) is 5.92 Å². The third kappa shape index (κ3) is 3.92. The molecule has 0 saturated heterocycles. The molecule has 2 rings (SSSR count). The monoisotopic (exact) mass is 256 g/mol. The van der Waals surface area contributed by atoms with Crippen molar-refractivity contribution in [3.8, 4) is 0 Å². The Morgan fingerprint density at radius 2 is 2.06 bits per heavy atom. The predicted molar refractivity (Wildman–Crippen MR) is 72.6 cm³/mol. The first kappa shape index (κ1) is 14.3. The highest BCUT2D eigenvalue weighted by molar-refractivity contribution is 5.01. The Balaban J connectivity index is 1.65. The van der Waals surface area contributed by atoms with Crippen LogP contribution in [0.1, 0.15) is 25.7 Å². The van der Waals surface area contributed by atoms with Gasteiger partial charge >= 0.3 is 0 Å². The van der Waals surface area contributed by atoms with Gasteiger partial charge in [0.2, 0.25) is 0 Å². The van der Waals surface area contributed by atoms with Gasteiger partial charge in [0, 0.05) is 19.7 Å². The van der Waals surface area contributed by atoms with E-state index in [4.69, 9.17) is 4.74 Å². The van der Waals surface area contributed by atoms with Crippen LogP contribution in [-0.2, 0) is 4.74 Å². The Bertz CT molecular complexity index is 248. The molecule has 2 saturated carbocycles. The molecule has 2 aliphatic carbocycles. The van der Waals surface area contributed by atoms with E-state index in [-0.39, 0.29) is 12.1 Å². The zero-order valence-corrected chi connectivity index (χ0v) is 11.8. The summed E-state index contributed by atoms with van der Waals surface area (Å²) in [5.41, 5.74) is -0.106. The van der Waals surface area contributed by atoms with Gasteiger partial charge in [0.1, 0.15) is 0 Å². The zero-order chi connectivity index (χ0) is 13.0. The highest BCUT2D eigenvalue weighted by Gasteiger charge is 2.44. The summed E-state index contributed by atoms with van der Waals surface area (Å²) in [7, 11) is 4.08. The fraction of sp³-hybridized carbons (Fsp3) is 1.00. The van der Waals surface area contributed by atoms with Gasteiger partial charge in [-0.15, -0.1) is 0 Å². The number of hydrogen-bond donors (Lipinski definition) is 2. The lowest BCUT2D eigenvalue weighted by atomic mass is 9.93. The van der Waals surface area contributed by atoms with Crippen LogP contribution in [0.5, 0.6) is 0 Å². The highest BCUT2D eigenvalue weighted by atomic mass is 16.5. The molecule has 0 aromatic carbocycles. The third-order valence-corrected chi connectivity index (χ3v) is 4.36. The van der Waals surface area contributed by atoms with Crippen molar-refractivity contribution in [1.82, 2.24) is 10.2 Å². The molecule has 1 atom stereocenters. The van der Waals surface area contributed by atoms with Gasteiger partial charge in [-0.25, -0.2) is 0 Å². The van der Waals surface area contributed by atoms with Crippen LogP contribution < -0.4 is 5.32 Å². The summed E-state index contributed by atoms with van der Waals surface area (Å²) >= 11 is 0. The molecular formula is C14H28N2O2. The van der Waals surface area contributed by atoms with E-state index < -0.39 is 0 Å². The molecule has 0 spiro atoms. The molecule has 0 bridgehead atoms. The van der Waals surface area contributed by atoms with E-state index in [1.807, 2.05) is 7.05 Å².